The van der Waals surface area contributed by atoms with Crippen LogP contribution in [0.1, 0.15) is 61.8 Å². The molecular weight excluding hydrogens is 518 g/mol. The minimum atomic E-state index is -0.950. The van der Waals surface area contributed by atoms with E-state index in [1.807, 2.05) is 19.9 Å². The molecule has 1 N–H and O–H groups in total. The van der Waals surface area contributed by atoms with Crippen molar-refractivity contribution in [3.63, 3.8) is 0 Å². The van der Waals surface area contributed by atoms with Crippen LogP contribution in [0.3, 0.4) is 0 Å². The van der Waals surface area contributed by atoms with Gasteiger partial charge in [0.05, 0.1) is 19.1 Å². The number of hydrogen-bond donors (Lipinski definition) is 1. The zero-order chi connectivity index (χ0) is 29.0. The van der Waals surface area contributed by atoms with Gasteiger partial charge in [0.1, 0.15) is 24.3 Å². The molecule has 40 heavy (non-hydrogen) atoms. The van der Waals surface area contributed by atoms with Crippen molar-refractivity contribution in [3.8, 4) is 22.6 Å². The molecule has 0 aliphatic heterocycles. The van der Waals surface area contributed by atoms with Gasteiger partial charge in [-0.1, -0.05) is 24.3 Å². The molecule has 0 saturated heterocycles. The summed E-state index contributed by atoms with van der Waals surface area (Å²) in [5, 5.41) is 9.35. The highest BCUT2D eigenvalue weighted by atomic mass is 19.1. The molecule has 1 aliphatic carbocycles. The van der Waals surface area contributed by atoms with Gasteiger partial charge in [0.25, 0.3) is 0 Å². The summed E-state index contributed by atoms with van der Waals surface area (Å²) in [5.74, 6) is -1.55. The molecule has 0 unspecified atom stereocenters. The highest BCUT2D eigenvalue weighted by Gasteiger charge is 2.36. The smallest absolute Gasteiger partial charge is 0.303 e. The van der Waals surface area contributed by atoms with E-state index >= 15 is 8.78 Å². The Morgan fingerprint density at radius 2 is 1.75 bits per heavy atom. The van der Waals surface area contributed by atoms with Crippen LogP contribution in [0, 0.1) is 17.6 Å². The van der Waals surface area contributed by atoms with Crippen LogP contribution in [0.15, 0.2) is 54.6 Å². The second-order valence-corrected chi connectivity index (χ2v) is 10.7. The predicted molar refractivity (Wildman–Crippen MR) is 148 cm³/mol. The van der Waals surface area contributed by atoms with E-state index in [0.29, 0.717) is 33.6 Å². The first-order chi connectivity index (χ1) is 19.1. The summed E-state index contributed by atoms with van der Waals surface area (Å²) >= 11 is 0. The molecule has 6 nitrogen and oxygen atoms in total. The van der Waals surface area contributed by atoms with Gasteiger partial charge < -0.3 is 24.1 Å². The molecule has 0 aromatic heterocycles. The maximum Gasteiger partial charge on any atom is 0.303 e. The quantitative estimate of drug-likeness (QED) is 0.239. The number of halogens is 2. The lowest BCUT2D eigenvalue weighted by Gasteiger charge is -2.34. The van der Waals surface area contributed by atoms with Crippen molar-refractivity contribution >= 4 is 5.97 Å². The summed E-state index contributed by atoms with van der Waals surface area (Å²) in [7, 11) is 4.67. The molecule has 3 aromatic carbocycles. The Hall–Kier alpha value is -3.49. The van der Waals surface area contributed by atoms with Gasteiger partial charge in [-0.05, 0) is 85.2 Å². The molecule has 4 rings (SSSR count). The van der Waals surface area contributed by atoms with Crippen LogP contribution in [0.2, 0.25) is 0 Å². The fourth-order valence-electron chi connectivity index (χ4n) is 5.20. The molecule has 1 saturated carbocycles. The first kappa shape index (κ1) is 29.5. The van der Waals surface area contributed by atoms with Crippen LogP contribution in [0.5, 0.6) is 11.5 Å². The number of benzene rings is 3. The van der Waals surface area contributed by atoms with E-state index in [0.717, 1.165) is 12.8 Å². The largest absolute Gasteiger partial charge is 0.497 e. The van der Waals surface area contributed by atoms with Crippen molar-refractivity contribution in [1.29, 1.82) is 0 Å². The van der Waals surface area contributed by atoms with E-state index in [1.54, 1.807) is 50.6 Å². The zero-order valence-electron chi connectivity index (χ0n) is 23.5. The highest BCUT2D eigenvalue weighted by molar-refractivity contribution is 5.71. The van der Waals surface area contributed by atoms with Crippen LogP contribution in [-0.2, 0) is 20.9 Å². The van der Waals surface area contributed by atoms with E-state index in [2.05, 4.69) is 0 Å². The molecule has 0 bridgehead atoms. The summed E-state index contributed by atoms with van der Waals surface area (Å²) in [5.41, 5.74) is 1.94. The minimum absolute atomic E-state index is 0.0329. The number of carboxylic acids is 1. The second-order valence-electron chi connectivity index (χ2n) is 10.7. The Morgan fingerprint density at radius 3 is 2.38 bits per heavy atom. The fraction of sp³-hybridized carbons (Fsp3) is 0.406. The molecule has 0 amide bonds. The highest BCUT2D eigenvalue weighted by Crippen LogP contribution is 2.46. The maximum atomic E-state index is 15.5. The predicted octanol–water partition coefficient (Wildman–Crippen LogP) is 7.30. The van der Waals surface area contributed by atoms with E-state index in [4.69, 9.17) is 18.9 Å². The number of carbonyl (C=O) groups is 1. The molecule has 8 heteroatoms. The molecule has 1 fully saturated rings. The molecule has 0 heterocycles. The Labute approximate surface area is 233 Å². The number of methoxy groups -OCH3 is 3. The first-order valence-corrected chi connectivity index (χ1v) is 13.3. The fourth-order valence-corrected chi connectivity index (χ4v) is 5.20. The van der Waals surface area contributed by atoms with Gasteiger partial charge in [0.15, 0.2) is 11.6 Å². The maximum absolute atomic E-state index is 15.5. The molecule has 2 atom stereocenters. The Morgan fingerprint density at radius 1 is 1.00 bits per heavy atom. The number of carboxylic acid groups (broad SMARTS) is 1. The summed E-state index contributed by atoms with van der Waals surface area (Å²) in [4.78, 5) is 11.4. The summed E-state index contributed by atoms with van der Waals surface area (Å²) in [6, 6.07) is 14.8. The molecule has 3 aromatic rings. The third-order valence-corrected chi connectivity index (χ3v) is 7.63. The Kier molecular flexibility index (Phi) is 9.11. The molecular formula is C32H36F2O6. The summed E-state index contributed by atoms with van der Waals surface area (Å²) in [6.07, 6.45) is 1.09. The van der Waals surface area contributed by atoms with Gasteiger partial charge in [-0.25, -0.2) is 8.78 Å². The number of aliphatic carboxylic acids is 1. The van der Waals surface area contributed by atoms with E-state index in [-0.39, 0.29) is 30.6 Å². The van der Waals surface area contributed by atoms with Crippen molar-refractivity contribution < 1.29 is 37.6 Å². The van der Waals surface area contributed by atoms with Crippen LogP contribution in [0.4, 0.5) is 8.78 Å². The van der Waals surface area contributed by atoms with Gasteiger partial charge in [0, 0.05) is 25.7 Å². The standard InChI is InChI=1S/C32H36F2O6/c1-32(2,39-5)31(38-4)26-15-19(9-13-22(26)25-16-21(37-3)12-14-27(25)33)18-40-28-8-6-7-23(30(28)34)24(17-29(35)36)20-10-11-20/h6-9,12-16,20,24,31H,10-11,17-18H2,1-5H3,(H,35,36)/t24-,31-/m0/s1. The molecule has 0 spiro atoms. The number of ether oxygens (including phenoxy) is 4. The van der Waals surface area contributed by atoms with Crippen molar-refractivity contribution in [3.05, 3.63) is 82.9 Å². The van der Waals surface area contributed by atoms with Gasteiger partial charge in [-0.15, -0.1) is 0 Å². The average molecular weight is 555 g/mol. The van der Waals surface area contributed by atoms with Crippen molar-refractivity contribution in [2.75, 3.05) is 21.3 Å². The van der Waals surface area contributed by atoms with Crippen LogP contribution in [-0.4, -0.2) is 38.0 Å². The van der Waals surface area contributed by atoms with Gasteiger partial charge in [-0.2, -0.15) is 0 Å². The van der Waals surface area contributed by atoms with Crippen molar-refractivity contribution in [1.82, 2.24) is 0 Å². The lowest BCUT2D eigenvalue weighted by atomic mass is 9.87. The van der Waals surface area contributed by atoms with Crippen LogP contribution in [0.25, 0.3) is 11.1 Å². The zero-order valence-corrected chi connectivity index (χ0v) is 23.5. The van der Waals surface area contributed by atoms with Crippen molar-refractivity contribution in [2.45, 2.75) is 57.3 Å². The lowest BCUT2D eigenvalue weighted by molar-refractivity contribution is -0.137. The lowest BCUT2D eigenvalue weighted by Crippen LogP contribution is -2.33. The first-order valence-electron chi connectivity index (χ1n) is 13.3. The summed E-state index contributed by atoms with van der Waals surface area (Å²) < 4.78 is 53.4. The number of hydrogen-bond acceptors (Lipinski definition) is 5. The van der Waals surface area contributed by atoms with Crippen LogP contribution >= 0.6 is 0 Å². The SMILES string of the molecule is COc1ccc(F)c(-c2ccc(COc3cccc([C@@H](CC(=O)O)C4CC4)c3F)cc2[C@H](OC)C(C)(C)OC)c1. The number of rotatable bonds is 13. The third-order valence-electron chi connectivity index (χ3n) is 7.63. The van der Waals surface area contributed by atoms with Gasteiger partial charge >= 0.3 is 5.97 Å². The van der Waals surface area contributed by atoms with Crippen molar-refractivity contribution in [2.24, 2.45) is 5.92 Å². The third kappa shape index (κ3) is 6.45. The Bertz CT molecular complexity index is 1350. The average Bonchev–Trinajstić information content (AvgIpc) is 3.78. The van der Waals surface area contributed by atoms with Crippen LogP contribution < -0.4 is 9.47 Å². The normalized spacial score (nSPS) is 15.0. The van der Waals surface area contributed by atoms with E-state index in [1.165, 1.54) is 19.2 Å². The topological polar surface area (TPSA) is 74.2 Å². The minimum Gasteiger partial charge on any atom is -0.497 e. The molecule has 214 valence electrons. The monoisotopic (exact) mass is 554 g/mol. The summed E-state index contributed by atoms with van der Waals surface area (Å²) in [6.45, 7) is 3.79. The van der Waals surface area contributed by atoms with E-state index in [9.17, 15) is 9.90 Å². The Balaban J connectivity index is 1.69. The molecule has 0 radical (unpaired) electrons. The van der Waals surface area contributed by atoms with E-state index < -0.39 is 29.3 Å². The van der Waals surface area contributed by atoms with Gasteiger partial charge in [-0.3, -0.25) is 4.79 Å². The molecule has 1 aliphatic rings. The second kappa shape index (κ2) is 12.4. The van der Waals surface area contributed by atoms with Gasteiger partial charge in [0.2, 0.25) is 0 Å².